The maximum atomic E-state index is 11.5. The molecular weight excluding hydrogens is 224 g/mol. The first kappa shape index (κ1) is 14.2. The normalized spacial score (nSPS) is 9.72. The SMILES string of the molecule is N#CCCCCNC(=O)CCCc1ccccc1. The zero-order valence-corrected chi connectivity index (χ0v) is 10.7. The average Bonchev–Trinajstić information content (AvgIpc) is 2.40. The molecule has 0 aliphatic heterocycles. The van der Waals surface area contributed by atoms with E-state index >= 15 is 0 Å². The molecule has 96 valence electrons. The topological polar surface area (TPSA) is 52.9 Å². The van der Waals surface area contributed by atoms with Crippen molar-refractivity contribution in [2.24, 2.45) is 0 Å². The smallest absolute Gasteiger partial charge is 0.220 e. The number of nitriles is 1. The van der Waals surface area contributed by atoms with E-state index in [-0.39, 0.29) is 5.91 Å². The van der Waals surface area contributed by atoms with Gasteiger partial charge in [-0.25, -0.2) is 0 Å². The standard InChI is InChI=1S/C15H20N2O/c16-12-5-2-6-13-17-15(18)11-7-10-14-8-3-1-4-9-14/h1,3-4,8-9H,2,5-7,10-11,13H2,(H,17,18). The van der Waals surface area contributed by atoms with Crippen LogP contribution in [0.5, 0.6) is 0 Å². The number of nitrogens with zero attached hydrogens (tertiary/aromatic N) is 1. The molecule has 0 saturated carbocycles. The Morgan fingerprint density at radius 2 is 1.94 bits per heavy atom. The average molecular weight is 244 g/mol. The number of hydrogen-bond donors (Lipinski definition) is 1. The van der Waals surface area contributed by atoms with Crippen molar-refractivity contribution < 1.29 is 4.79 Å². The van der Waals surface area contributed by atoms with Crippen molar-refractivity contribution in [3.8, 4) is 6.07 Å². The van der Waals surface area contributed by atoms with Crippen LogP contribution in [0.1, 0.15) is 37.7 Å². The van der Waals surface area contributed by atoms with Crippen molar-refractivity contribution in [3.63, 3.8) is 0 Å². The lowest BCUT2D eigenvalue weighted by molar-refractivity contribution is -0.121. The predicted molar refractivity (Wildman–Crippen MR) is 71.9 cm³/mol. The quantitative estimate of drug-likeness (QED) is 0.715. The molecule has 1 rings (SSSR count). The lowest BCUT2D eigenvalue weighted by Crippen LogP contribution is -2.24. The van der Waals surface area contributed by atoms with Gasteiger partial charge in [0.2, 0.25) is 5.91 Å². The van der Waals surface area contributed by atoms with Crippen LogP contribution in [0.3, 0.4) is 0 Å². The first-order valence-corrected chi connectivity index (χ1v) is 6.50. The largest absolute Gasteiger partial charge is 0.356 e. The summed E-state index contributed by atoms with van der Waals surface area (Å²) in [6, 6.07) is 12.3. The number of hydrogen-bond acceptors (Lipinski definition) is 2. The summed E-state index contributed by atoms with van der Waals surface area (Å²) in [4.78, 5) is 11.5. The monoisotopic (exact) mass is 244 g/mol. The molecule has 0 fully saturated rings. The molecule has 0 heterocycles. The van der Waals surface area contributed by atoms with E-state index in [1.165, 1.54) is 5.56 Å². The van der Waals surface area contributed by atoms with Crippen LogP contribution in [0.4, 0.5) is 0 Å². The second-order valence-corrected chi connectivity index (χ2v) is 4.30. The fourth-order valence-corrected chi connectivity index (χ4v) is 1.74. The summed E-state index contributed by atoms with van der Waals surface area (Å²) >= 11 is 0. The predicted octanol–water partition coefficient (Wildman–Crippen LogP) is 2.82. The summed E-state index contributed by atoms with van der Waals surface area (Å²) in [5.41, 5.74) is 1.28. The van der Waals surface area contributed by atoms with Crippen molar-refractivity contribution in [2.75, 3.05) is 6.54 Å². The molecule has 1 aromatic rings. The Balaban J connectivity index is 2.02. The molecule has 0 aliphatic rings. The molecule has 0 atom stereocenters. The van der Waals surface area contributed by atoms with Crippen LogP contribution in [-0.4, -0.2) is 12.5 Å². The summed E-state index contributed by atoms with van der Waals surface area (Å²) in [5, 5.41) is 11.2. The van der Waals surface area contributed by atoms with Gasteiger partial charge in [-0.05, 0) is 31.2 Å². The molecule has 1 aromatic carbocycles. The van der Waals surface area contributed by atoms with Crippen molar-refractivity contribution in [2.45, 2.75) is 38.5 Å². The Bertz CT molecular complexity index is 381. The van der Waals surface area contributed by atoms with Gasteiger partial charge in [0.1, 0.15) is 0 Å². The molecule has 0 unspecified atom stereocenters. The Hall–Kier alpha value is -1.82. The highest BCUT2D eigenvalue weighted by Crippen LogP contribution is 2.04. The van der Waals surface area contributed by atoms with Gasteiger partial charge >= 0.3 is 0 Å². The molecule has 0 aliphatic carbocycles. The highest BCUT2D eigenvalue weighted by atomic mass is 16.1. The van der Waals surface area contributed by atoms with Crippen molar-refractivity contribution in [1.29, 1.82) is 5.26 Å². The maximum Gasteiger partial charge on any atom is 0.220 e. The molecule has 18 heavy (non-hydrogen) atoms. The number of amides is 1. The Labute approximate surface area is 109 Å². The third-order valence-electron chi connectivity index (χ3n) is 2.75. The molecule has 0 bridgehead atoms. The van der Waals surface area contributed by atoms with Crippen LogP contribution in [0.15, 0.2) is 30.3 Å². The van der Waals surface area contributed by atoms with Gasteiger partial charge in [0.15, 0.2) is 0 Å². The van der Waals surface area contributed by atoms with Crippen LogP contribution in [0.25, 0.3) is 0 Å². The van der Waals surface area contributed by atoms with Gasteiger partial charge in [0, 0.05) is 19.4 Å². The number of aryl methyl sites for hydroxylation is 1. The number of unbranched alkanes of at least 4 members (excludes halogenated alkanes) is 2. The van der Waals surface area contributed by atoms with E-state index in [9.17, 15) is 4.79 Å². The van der Waals surface area contributed by atoms with E-state index in [2.05, 4.69) is 23.5 Å². The second kappa shape index (κ2) is 9.23. The van der Waals surface area contributed by atoms with Gasteiger partial charge in [0.25, 0.3) is 0 Å². The van der Waals surface area contributed by atoms with Crippen LogP contribution < -0.4 is 5.32 Å². The molecule has 3 nitrogen and oxygen atoms in total. The van der Waals surface area contributed by atoms with E-state index < -0.39 is 0 Å². The van der Waals surface area contributed by atoms with Crippen LogP contribution in [-0.2, 0) is 11.2 Å². The van der Waals surface area contributed by atoms with E-state index in [0.717, 1.165) is 25.7 Å². The lowest BCUT2D eigenvalue weighted by atomic mass is 10.1. The number of carbonyl (C=O) groups excluding carboxylic acids is 1. The third-order valence-corrected chi connectivity index (χ3v) is 2.75. The first-order valence-electron chi connectivity index (χ1n) is 6.50. The number of benzene rings is 1. The van der Waals surface area contributed by atoms with Crippen LogP contribution in [0.2, 0.25) is 0 Å². The fourth-order valence-electron chi connectivity index (χ4n) is 1.74. The van der Waals surface area contributed by atoms with Gasteiger partial charge in [-0.2, -0.15) is 5.26 Å². The van der Waals surface area contributed by atoms with E-state index in [1.807, 2.05) is 18.2 Å². The molecular formula is C15H20N2O. The molecule has 0 saturated heterocycles. The maximum absolute atomic E-state index is 11.5. The van der Waals surface area contributed by atoms with E-state index in [4.69, 9.17) is 5.26 Å². The van der Waals surface area contributed by atoms with E-state index in [1.54, 1.807) is 0 Å². The minimum absolute atomic E-state index is 0.114. The van der Waals surface area contributed by atoms with Gasteiger partial charge < -0.3 is 5.32 Å². The summed E-state index contributed by atoms with van der Waals surface area (Å²) < 4.78 is 0. The molecule has 1 amide bonds. The molecule has 0 spiro atoms. The van der Waals surface area contributed by atoms with Gasteiger partial charge in [-0.3, -0.25) is 4.79 Å². The molecule has 0 radical (unpaired) electrons. The summed E-state index contributed by atoms with van der Waals surface area (Å²) in [7, 11) is 0. The number of carbonyl (C=O) groups is 1. The summed E-state index contributed by atoms with van der Waals surface area (Å²) in [5.74, 6) is 0.114. The molecule has 1 N–H and O–H groups in total. The Morgan fingerprint density at radius 3 is 2.67 bits per heavy atom. The fraction of sp³-hybridized carbons (Fsp3) is 0.467. The van der Waals surface area contributed by atoms with Crippen LogP contribution >= 0.6 is 0 Å². The van der Waals surface area contributed by atoms with Crippen molar-refractivity contribution >= 4 is 5.91 Å². The summed E-state index contributed by atoms with van der Waals surface area (Å²) in [6.45, 7) is 0.686. The lowest BCUT2D eigenvalue weighted by Gasteiger charge is -2.04. The third kappa shape index (κ3) is 6.70. The molecule has 3 heteroatoms. The first-order chi connectivity index (χ1) is 8.83. The second-order valence-electron chi connectivity index (χ2n) is 4.30. The zero-order valence-electron chi connectivity index (χ0n) is 10.7. The minimum atomic E-state index is 0.114. The minimum Gasteiger partial charge on any atom is -0.356 e. The van der Waals surface area contributed by atoms with Crippen molar-refractivity contribution in [1.82, 2.24) is 5.32 Å². The number of nitrogens with one attached hydrogen (secondary N) is 1. The van der Waals surface area contributed by atoms with Crippen LogP contribution in [0, 0.1) is 11.3 Å². The molecule has 0 aromatic heterocycles. The van der Waals surface area contributed by atoms with Gasteiger partial charge in [0.05, 0.1) is 6.07 Å². The Morgan fingerprint density at radius 1 is 1.17 bits per heavy atom. The van der Waals surface area contributed by atoms with Gasteiger partial charge in [-0.1, -0.05) is 30.3 Å². The van der Waals surface area contributed by atoms with Crippen molar-refractivity contribution in [3.05, 3.63) is 35.9 Å². The summed E-state index contributed by atoms with van der Waals surface area (Å²) in [6.07, 6.45) is 4.73. The Kier molecular flexibility index (Phi) is 7.31. The van der Waals surface area contributed by atoms with E-state index in [0.29, 0.717) is 19.4 Å². The van der Waals surface area contributed by atoms with Gasteiger partial charge in [-0.15, -0.1) is 0 Å². The highest BCUT2D eigenvalue weighted by molar-refractivity contribution is 5.75. The zero-order chi connectivity index (χ0) is 13.1. The highest BCUT2D eigenvalue weighted by Gasteiger charge is 2.00. The number of rotatable bonds is 8.